The maximum absolute atomic E-state index is 12.4. The van der Waals surface area contributed by atoms with Crippen LogP contribution >= 0.6 is 0 Å². The van der Waals surface area contributed by atoms with Gasteiger partial charge >= 0.3 is 5.97 Å². The molecule has 15 heavy (non-hydrogen) atoms. The average molecular weight is 224 g/mol. The number of rotatable bonds is 5. The quantitative estimate of drug-likeness (QED) is 0.761. The smallest absolute Gasteiger partial charge is 0.309 e. The molecule has 88 valence electrons. The van der Waals surface area contributed by atoms with Gasteiger partial charge in [-0.05, 0) is 12.8 Å². The Morgan fingerprint density at radius 3 is 2.73 bits per heavy atom. The topological polar surface area (TPSA) is 55.8 Å². The number of methoxy groups -OCH3 is 1. The van der Waals surface area contributed by atoms with E-state index in [1.54, 1.807) is 0 Å². The van der Waals surface area contributed by atoms with E-state index in [1.807, 2.05) is 0 Å². The van der Waals surface area contributed by atoms with Crippen LogP contribution in [0.4, 0.5) is 8.78 Å². The van der Waals surface area contributed by atoms with E-state index in [4.69, 9.17) is 14.6 Å². The molecular weight excluding hydrogens is 210 g/mol. The highest BCUT2D eigenvalue weighted by Gasteiger charge is 2.44. The molecule has 1 rings (SSSR count). The fourth-order valence-corrected chi connectivity index (χ4v) is 1.70. The number of alkyl halides is 2. The summed E-state index contributed by atoms with van der Waals surface area (Å²) in [6.45, 7) is 0.382. The van der Waals surface area contributed by atoms with Crippen molar-refractivity contribution in [2.24, 2.45) is 5.92 Å². The first-order valence-corrected chi connectivity index (χ1v) is 4.71. The second-order valence-corrected chi connectivity index (χ2v) is 3.52. The Labute approximate surface area is 86.2 Å². The Hall–Kier alpha value is -0.750. The van der Waals surface area contributed by atoms with Crippen molar-refractivity contribution in [3.8, 4) is 0 Å². The molecule has 0 aromatic rings. The second-order valence-electron chi connectivity index (χ2n) is 3.52. The molecule has 0 spiro atoms. The molecule has 1 heterocycles. The Kier molecular flexibility index (Phi) is 4.41. The highest BCUT2D eigenvalue weighted by Crippen LogP contribution is 2.32. The normalized spacial score (nSPS) is 31.1. The van der Waals surface area contributed by atoms with Gasteiger partial charge in [0.1, 0.15) is 6.10 Å². The molecule has 0 saturated carbocycles. The van der Waals surface area contributed by atoms with E-state index in [9.17, 15) is 13.6 Å². The fraction of sp³-hybridized carbons (Fsp3) is 0.889. The minimum Gasteiger partial charge on any atom is -0.481 e. The predicted octanol–water partition coefficient (Wildman–Crippen LogP) is 1.15. The molecule has 0 radical (unpaired) electrons. The maximum atomic E-state index is 12.4. The standard InChI is InChI=1S/C9H14F2O4/c1-14-3-2-5-4-6(9(12)13)7(15-5)8(10)11/h5-8H,2-4H2,1H3,(H,12,13). The lowest BCUT2D eigenvalue weighted by molar-refractivity contribution is -0.147. The number of carboxylic acid groups (broad SMARTS) is 1. The third kappa shape index (κ3) is 3.10. The van der Waals surface area contributed by atoms with Gasteiger partial charge in [-0.25, -0.2) is 8.78 Å². The molecule has 4 nitrogen and oxygen atoms in total. The molecule has 1 saturated heterocycles. The first-order valence-electron chi connectivity index (χ1n) is 4.71. The summed E-state index contributed by atoms with van der Waals surface area (Å²) in [4.78, 5) is 10.7. The summed E-state index contributed by atoms with van der Waals surface area (Å²) in [5.41, 5.74) is 0. The number of carboxylic acids is 1. The van der Waals surface area contributed by atoms with Crippen molar-refractivity contribution in [1.82, 2.24) is 0 Å². The summed E-state index contributed by atoms with van der Waals surface area (Å²) < 4.78 is 34.6. The van der Waals surface area contributed by atoms with Crippen LogP contribution in [0.1, 0.15) is 12.8 Å². The van der Waals surface area contributed by atoms with Gasteiger partial charge in [-0.1, -0.05) is 0 Å². The second kappa shape index (κ2) is 5.37. The van der Waals surface area contributed by atoms with Crippen molar-refractivity contribution in [3.05, 3.63) is 0 Å². The zero-order valence-electron chi connectivity index (χ0n) is 8.36. The van der Waals surface area contributed by atoms with Gasteiger partial charge in [0.2, 0.25) is 0 Å². The molecule has 0 aromatic heterocycles. The molecule has 1 aliphatic heterocycles. The van der Waals surface area contributed by atoms with Crippen LogP contribution < -0.4 is 0 Å². The number of hydrogen-bond donors (Lipinski definition) is 1. The molecule has 3 atom stereocenters. The van der Waals surface area contributed by atoms with Crippen molar-refractivity contribution < 1.29 is 28.2 Å². The van der Waals surface area contributed by atoms with Crippen LogP contribution in [0.5, 0.6) is 0 Å². The van der Waals surface area contributed by atoms with E-state index in [0.29, 0.717) is 13.0 Å². The first-order chi connectivity index (χ1) is 7.06. The van der Waals surface area contributed by atoms with Gasteiger partial charge in [-0.15, -0.1) is 0 Å². The maximum Gasteiger partial charge on any atom is 0.309 e. The van der Waals surface area contributed by atoms with Gasteiger partial charge < -0.3 is 14.6 Å². The summed E-state index contributed by atoms with van der Waals surface area (Å²) in [5, 5.41) is 8.73. The van der Waals surface area contributed by atoms with Gasteiger partial charge in [0.15, 0.2) is 0 Å². The third-order valence-electron chi connectivity index (χ3n) is 2.47. The summed E-state index contributed by atoms with van der Waals surface area (Å²) in [6.07, 6.45) is -4.09. The van der Waals surface area contributed by atoms with Gasteiger partial charge in [-0.3, -0.25) is 4.79 Å². The van der Waals surface area contributed by atoms with Crippen molar-refractivity contribution in [2.75, 3.05) is 13.7 Å². The number of aliphatic carboxylic acids is 1. The molecule has 3 unspecified atom stereocenters. The Balaban J connectivity index is 2.53. The zero-order chi connectivity index (χ0) is 11.4. The van der Waals surface area contributed by atoms with Crippen LogP contribution in [0.3, 0.4) is 0 Å². The number of hydrogen-bond acceptors (Lipinski definition) is 3. The highest BCUT2D eigenvalue weighted by molar-refractivity contribution is 5.71. The first kappa shape index (κ1) is 12.3. The number of ether oxygens (including phenoxy) is 2. The molecular formula is C9H14F2O4. The molecule has 0 aromatic carbocycles. The summed E-state index contributed by atoms with van der Waals surface area (Å²) in [5.74, 6) is -2.33. The lowest BCUT2D eigenvalue weighted by atomic mass is 9.99. The molecule has 0 bridgehead atoms. The van der Waals surface area contributed by atoms with Crippen LogP contribution in [-0.4, -0.2) is 43.4 Å². The fourth-order valence-electron chi connectivity index (χ4n) is 1.70. The van der Waals surface area contributed by atoms with Crippen LogP contribution in [0.25, 0.3) is 0 Å². The van der Waals surface area contributed by atoms with Crippen LogP contribution in [0.15, 0.2) is 0 Å². The minimum absolute atomic E-state index is 0.133. The molecule has 0 amide bonds. The molecule has 1 fully saturated rings. The molecule has 6 heteroatoms. The highest BCUT2D eigenvalue weighted by atomic mass is 19.3. The van der Waals surface area contributed by atoms with Crippen molar-refractivity contribution in [1.29, 1.82) is 0 Å². The van der Waals surface area contributed by atoms with E-state index in [1.165, 1.54) is 7.11 Å². The van der Waals surface area contributed by atoms with E-state index in [-0.39, 0.29) is 6.42 Å². The SMILES string of the molecule is COCCC1CC(C(=O)O)C(C(F)F)O1. The summed E-state index contributed by atoms with van der Waals surface area (Å²) >= 11 is 0. The Bertz CT molecular complexity index is 222. The molecule has 0 aliphatic carbocycles. The van der Waals surface area contributed by atoms with E-state index in [0.717, 1.165) is 0 Å². The Morgan fingerprint density at radius 2 is 2.33 bits per heavy atom. The lowest BCUT2D eigenvalue weighted by Gasteiger charge is -2.14. The molecule has 1 aliphatic rings. The Morgan fingerprint density at radius 1 is 1.67 bits per heavy atom. The van der Waals surface area contributed by atoms with Crippen molar-refractivity contribution >= 4 is 5.97 Å². The van der Waals surface area contributed by atoms with Gasteiger partial charge in [0.05, 0.1) is 12.0 Å². The lowest BCUT2D eigenvalue weighted by Crippen LogP contribution is -2.30. The predicted molar refractivity (Wildman–Crippen MR) is 46.9 cm³/mol. The van der Waals surface area contributed by atoms with Gasteiger partial charge in [-0.2, -0.15) is 0 Å². The summed E-state index contributed by atoms with van der Waals surface area (Å²) in [6, 6.07) is 0. The number of carbonyl (C=O) groups is 1. The average Bonchev–Trinajstić information content (AvgIpc) is 2.58. The van der Waals surface area contributed by atoms with Crippen molar-refractivity contribution in [2.45, 2.75) is 31.5 Å². The minimum atomic E-state index is -2.75. The zero-order valence-corrected chi connectivity index (χ0v) is 8.36. The monoisotopic (exact) mass is 224 g/mol. The van der Waals surface area contributed by atoms with Crippen LogP contribution in [0, 0.1) is 5.92 Å². The van der Waals surface area contributed by atoms with Crippen LogP contribution in [-0.2, 0) is 14.3 Å². The van der Waals surface area contributed by atoms with Gasteiger partial charge in [0.25, 0.3) is 6.43 Å². The number of halogens is 2. The van der Waals surface area contributed by atoms with Crippen LogP contribution in [0.2, 0.25) is 0 Å². The molecule has 1 N–H and O–H groups in total. The van der Waals surface area contributed by atoms with E-state index >= 15 is 0 Å². The van der Waals surface area contributed by atoms with E-state index in [2.05, 4.69) is 0 Å². The largest absolute Gasteiger partial charge is 0.481 e. The van der Waals surface area contributed by atoms with Crippen molar-refractivity contribution in [3.63, 3.8) is 0 Å². The summed E-state index contributed by atoms with van der Waals surface area (Å²) in [7, 11) is 1.49. The van der Waals surface area contributed by atoms with Gasteiger partial charge in [0, 0.05) is 13.7 Å². The van der Waals surface area contributed by atoms with E-state index < -0.39 is 30.5 Å². The third-order valence-corrected chi connectivity index (χ3v) is 2.47.